The number of aromatic nitrogens is 3. The van der Waals surface area contributed by atoms with E-state index in [2.05, 4.69) is 5.10 Å². The molecule has 2 aliphatic heterocycles. The van der Waals surface area contributed by atoms with Crippen molar-refractivity contribution < 1.29 is 14.3 Å². The number of hydrogen-bond donors (Lipinski definition) is 0. The van der Waals surface area contributed by atoms with E-state index < -0.39 is 0 Å². The number of piperidine rings is 1. The molecule has 1 aromatic carbocycles. The normalized spacial score (nSPS) is 16.4. The van der Waals surface area contributed by atoms with Crippen molar-refractivity contribution in [1.29, 1.82) is 0 Å². The van der Waals surface area contributed by atoms with Crippen LogP contribution in [0, 0.1) is 6.92 Å². The fourth-order valence-corrected chi connectivity index (χ4v) is 3.91. The fraction of sp³-hybridized carbons (Fsp3) is 0.421. The van der Waals surface area contributed by atoms with E-state index in [0.29, 0.717) is 22.7 Å². The number of fused-ring (bicyclic) bond motifs is 4. The number of hydrogen-bond acceptors (Lipinski definition) is 5. The number of aryl methyl sites for hydroxylation is 1. The van der Waals surface area contributed by atoms with Gasteiger partial charge in [-0.3, -0.25) is 4.79 Å². The largest absolute Gasteiger partial charge is 0.454 e. The van der Waals surface area contributed by atoms with Gasteiger partial charge in [-0.15, -0.1) is 5.10 Å². The lowest BCUT2D eigenvalue weighted by atomic mass is 10.1. The highest BCUT2D eigenvalue weighted by Gasteiger charge is 2.22. The van der Waals surface area contributed by atoms with Crippen LogP contribution in [0.5, 0.6) is 11.5 Å². The van der Waals surface area contributed by atoms with Gasteiger partial charge in [0.15, 0.2) is 17.1 Å². The first-order valence-electron chi connectivity index (χ1n) is 9.22. The van der Waals surface area contributed by atoms with Gasteiger partial charge >= 0.3 is 5.69 Å². The number of pyridine rings is 1. The molecule has 0 atom stereocenters. The summed E-state index contributed by atoms with van der Waals surface area (Å²) < 4.78 is 13.7. The summed E-state index contributed by atoms with van der Waals surface area (Å²) in [6.45, 7) is 3.56. The zero-order valence-electron chi connectivity index (χ0n) is 15.1. The fourth-order valence-electron chi connectivity index (χ4n) is 3.91. The summed E-state index contributed by atoms with van der Waals surface area (Å²) in [5.74, 6) is 1.22. The van der Waals surface area contributed by atoms with Crippen molar-refractivity contribution in [2.75, 3.05) is 19.9 Å². The maximum Gasteiger partial charge on any atom is 0.351 e. The van der Waals surface area contributed by atoms with E-state index in [9.17, 15) is 9.59 Å². The minimum Gasteiger partial charge on any atom is -0.454 e. The highest BCUT2D eigenvalue weighted by Crippen LogP contribution is 2.36. The molecule has 140 valence electrons. The summed E-state index contributed by atoms with van der Waals surface area (Å²) in [6, 6.07) is 5.63. The van der Waals surface area contributed by atoms with E-state index >= 15 is 0 Å². The van der Waals surface area contributed by atoms with Crippen molar-refractivity contribution in [2.24, 2.45) is 0 Å². The topological polar surface area (TPSA) is 78.1 Å². The van der Waals surface area contributed by atoms with Crippen LogP contribution in [0.2, 0.25) is 0 Å². The number of amides is 1. The van der Waals surface area contributed by atoms with Crippen molar-refractivity contribution in [3.63, 3.8) is 0 Å². The highest BCUT2D eigenvalue weighted by molar-refractivity contribution is 5.87. The molecule has 3 aromatic rings. The predicted octanol–water partition coefficient (Wildman–Crippen LogP) is 1.70. The highest BCUT2D eigenvalue weighted by atomic mass is 16.7. The lowest BCUT2D eigenvalue weighted by Crippen LogP contribution is -2.39. The van der Waals surface area contributed by atoms with Crippen LogP contribution in [0.4, 0.5) is 0 Å². The van der Waals surface area contributed by atoms with E-state index in [1.807, 2.05) is 24.0 Å². The van der Waals surface area contributed by atoms with Gasteiger partial charge in [-0.05, 0) is 43.9 Å². The summed E-state index contributed by atoms with van der Waals surface area (Å²) in [7, 11) is 0. The van der Waals surface area contributed by atoms with Gasteiger partial charge in [-0.25, -0.2) is 13.9 Å². The number of carbonyl (C=O) groups is 1. The molecule has 1 amide bonds. The molecule has 0 bridgehead atoms. The quantitative estimate of drug-likeness (QED) is 0.688. The zero-order valence-corrected chi connectivity index (χ0v) is 15.1. The first-order chi connectivity index (χ1) is 13.1. The summed E-state index contributed by atoms with van der Waals surface area (Å²) in [6.07, 6.45) is 3.19. The molecule has 1 fully saturated rings. The van der Waals surface area contributed by atoms with E-state index in [1.54, 1.807) is 10.5 Å². The Labute approximate surface area is 154 Å². The molecule has 27 heavy (non-hydrogen) atoms. The van der Waals surface area contributed by atoms with Crippen LogP contribution in [-0.4, -0.2) is 44.9 Å². The van der Waals surface area contributed by atoms with Gasteiger partial charge in [0.1, 0.15) is 6.54 Å². The molecule has 2 aromatic heterocycles. The summed E-state index contributed by atoms with van der Waals surface area (Å²) in [4.78, 5) is 27.4. The van der Waals surface area contributed by atoms with Gasteiger partial charge in [-0.2, -0.15) is 0 Å². The first kappa shape index (κ1) is 16.2. The van der Waals surface area contributed by atoms with Crippen molar-refractivity contribution in [1.82, 2.24) is 19.1 Å². The van der Waals surface area contributed by atoms with Crippen LogP contribution in [0.3, 0.4) is 0 Å². The average molecular weight is 368 g/mol. The van der Waals surface area contributed by atoms with Crippen LogP contribution in [0.15, 0.2) is 23.0 Å². The number of carbonyl (C=O) groups excluding carboxylic acids is 1. The van der Waals surface area contributed by atoms with Gasteiger partial charge in [0.25, 0.3) is 0 Å². The number of likely N-dealkylation sites (tertiary alicyclic amines) is 1. The molecule has 8 nitrogen and oxygen atoms in total. The Hall–Kier alpha value is -3.03. The van der Waals surface area contributed by atoms with E-state index in [4.69, 9.17) is 9.47 Å². The van der Waals surface area contributed by atoms with E-state index in [0.717, 1.165) is 43.3 Å². The third-order valence-corrected chi connectivity index (χ3v) is 5.32. The second kappa shape index (κ2) is 6.00. The number of benzene rings is 1. The molecule has 8 heteroatoms. The molecular weight excluding hydrogens is 348 g/mol. The second-order valence-corrected chi connectivity index (χ2v) is 7.13. The molecule has 0 unspecified atom stereocenters. The van der Waals surface area contributed by atoms with Gasteiger partial charge in [-0.1, -0.05) is 0 Å². The van der Waals surface area contributed by atoms with E-state index in [1.165, 1.54) is 4.68 Å². The maximum atomic E-state index is 13.0. The molecule has 0 N–H and O–H groups in total. The molecule has 0 saturated carbocycles. The Morgan fingerprint density at radius 2 is 1.85 bits per heavy atom. The van der Waals surface area contributed by atoms with E-state index in [-0.39, 0.29) is 24.9 Å². The lowest BCUT2D eigenvalue weighted by molar-refractivity contribution is -0.133. The Kier molecular flexibility index (Phi) is 3.60. The molecule has 0 aliphatic carbocycles. The molecule has 5 rings (SSSR count). The second-order valence-electron chi connectivity index (χ2n) is 7.13. The summed E-state index contributed by atoms with van der Waals surface area (Å²) in [5.41, 5.74) is 1.80. The molecule has 2 aliphatic rings. The van der Waals surface area contributed by atoms with Gasteiger partial charge in [0, 0.05) is 24.5 Å². The van der Waals surface area contributed by atoms with Crippen molar-refractivity contribution in [3.05, 3.63) is 34.2 Å². The van der Waals surface area contributed by atoms with Crippen LogP contribution in [0.25, 0.3) is 16.6 Å². The predicted molar refractivity (Wildman–Crippen MR) is 98.2 cm³/mol. The van der Waals surface area contributed by atoms with Crippen molar-refractivity contribution in [3.8, 4) is 11.5 Å². The zero-order chi connectivity index (χ0) is 18.5. The summed E-state index contributed by atoms with van der Waals surface area (Å²) in [5, 5.41) is 5.31. The molecular formula is C19H20N4O4. The molecule has 0 spiro atoms. The number of ether oxygens (including phenoxy) is 2. The molecule has 4 heterocycles. The summed E-state index contributed by atoms with van der Waals surface area (Å²) >= 11 is 0. The molecule has 1 saturated heterocycles. The lowest BCUT2D eigenvalue weighted by Gasteiger charge is -2.26. The minimum atomic E-state index is -0.317. The average Bonchev–Trinajstić information content (AvgIpc) is 3.26. The third kappa shape index (κ3) is 2.55. The maximum absolute atomic E-state index is 13.0. The smallest absolute Gasteiger partial charge is 0.351 e. The number of nitrogens with zero attached hydrogens (tertiary/aromatic N) is 4. The van der Waals surface area contributed by atoms with Crippen molar-refractivity contribution >= 4 is 22.5 Å². The Morgan fingerprint density at radius 3 is 2.63 bits per heavy atom. The SMILES string of the molecule is Cc1cc2cc3c(cc2n2c(=O)n(CC(=O)N4CCCCC4)nc12)OCO3. The Bertz CT molecular complexity index is 1120. The monoisotopic (exact) mass is 368 g/mol. The van der Waals surface area contributed by atoms with Crippen LogP contribution < -0.4 is 15.2 Å². The standard InChI is InChI=1S/C19H20N4O4/c1-12-7-13-8-15-16(27-11-26-15)9-14(13)23-18(12)20-22(19(23)25)10-17(24)21-5-3-2-4-6-21/h7-9H,2-6,10-11H2,1H3. The van der Waals surface area contributed by atoms with Crippen LogP contribution in [-0.2, 0) is 11.3 Å². The Morgan fingerprint density at radius 1 is 1.11 bits per heavy atom. The minimum absolute atomic E-state index is 0.0357. The van der Waals surface area contributed by atoms with Crippen LogP contribution in [0.1, 0.15) is 24.8 Å². The Balaban J connectivity index is 1.61. The number of rotatable bonds is 2. The van der Waals surface area contributed by atoms with Crippen molar-refractivity contribution in [2.45, 2.75) is 32.7 Å². The third-order valence-electron chi connectivity index (χ3n) is 5.32. The van der Waals surface area contributed by atoms with Gasteiger partial charge < -0.3 is 14.4 Å². The molecule has 0 radical (unpaired) electrons. The van der Waals surface area contributed by atoms with Gasteiger partial charge in [0.2, 0.25) is 12.7 Å². The van der Waals surface area contributed by atoms with Crippen LogP contribution >= 0.6 is 0 Å². The first-order valence-corrected chi connectivity index (χ1v) is 9.22. The van der Waals surface area contributed by atoms with Gasteiger partial charge in [0.05, 0.1) is 5.52 Å².